The third-order valence-corrected chi connectivity index (χ3v) is 3.92. The van der Waals surface area contributed by atoms with E-state index in [2.05, 4.69) is 5.32 Å². The maximum atomic E-state index is 11.4. The summed E-state index contributed by atoms with van der Waals surface area (Å²) in [6.07, 6.45) is 2.48. The van der Waals surface area contributed by atoms with Crippen LogP contribution in [0.5, 0.6) is 0 Å². The third kappa shape index (κ3) is 1.95. The van der Waals surface area contributed by atoms with Crippen molar-refractivity contribution >= 4 is 21.8 Å². The Bertz CT molecular complexity index is 522. The average Bonchev–Trinajstić information content (AvgIpc) is 2.60. The topological polar surface area (TPSA) is 63.2 Å². The van der Waals surface area contributed by atoms with Gasteiger partial charge in [-0.1, -0.05) is 0 Å². The number of sulfone groups is 1. The molecule has 0 amide bonds. The van der Waals surface area contributed by atoms with Gasteiger partial charge in [0, 0.05) is 30.8 Å². The van der Waals surface area contributed by atoms with Crippen molar-refractivity contribution in [3.8, 4) is 0 Å². The molecular formula is C11H13NO3S. The summed E-state index contributed by atoms with van der Waals surface area (Å²) in [6.45, 7) is 0.696. The predicted octanol–water partition coefficient (Wildman–Crippen LogP) is 1.19. The van der Waals surface area contributed by atoms with Crippen LogP contribution in [-0.4, -0.2) is 27.5 Å². The summed E-state index contributed by atoms with van der Waals surface area (Å²) in [6, 6.07) is 5.01. The lowest BCUT2D eigenvalue weighted by molar-refractivity contribution is -0.108. The zero-order chi connectivity index (χ0) is 11.8. The van der Waals surface area contributed by atoms with Gasteiger partial charge in [0.15, 0.2) is 9.84 Å². The van der Waals surface area contributed by atoms with Crippen molar-refractivity contribution in [2.75, 3.05) is 18.1 Å². The molecule has 2 rings (SSSR count). The van der Waals surface area contributed by atoms with Crippen LogP contribution in [0.4, 0.5) is 5.69 Å². The maximum absolute atomic E-state index is 11.4. The molecule has 1 heterocycles. The second-order valence-electron chi connectivity index (χ2n) is 4.00. The molecule has 0 fully saturated rings. The number of hydrogen-bond acceptors (Lipinski definition) is 4. The van der Waals surface area contributed by atoms with Crippen LogP contribution in [-0.2, 0) is 14.6 Å². The van der Waals surface area contributed by atoms with Crippen LogP contribution in [0, 0.1) is 0 Å². The first kappa shape index (κ1) is 11.1. The summed E-state index contributed by atoms with van der Waals surface area (Å²) >= 11 is 0. The summed E-state index contributed by atoms with van der Waals surface area (Å²) in [5.41, 5.74) is 1.86. The van der Waals surface area contributed by atoms with Gasteiger partial charge in [0.2, 0.25) is 0 Å². The monoisotopic (exact) mass is 239 g/mol. The lowest BCUT2D eigenvalue weighted by Gasteiger charge is -2.07. The van der Waals surface area contributed by atoms with Gasteiger partial charge >= 0.3 is 0 Å². The zero-order valence-corrected chi connectivity index (χ0v) is 9.75. The van der Waals surface area contributed by atoms with Gasteiger partial charge in [-0.15, -0.1) is 0 Å². The minimum absolute atomic E-state index is 0.0919. The molecule has 0 saturated carbocycles. The Morgan fingerprint density at radius 3 is 2.88 bits per heavy atom. The molecule has 1 aliphatic rings. The van der Waals surface area contributed by atoms with Crippen LogP contribution in [0.2, 0.25) is 0 Å². The standard InChI is InChI=1S/C11H13NO3S/c1-16(14,15)9-2-3-11-10(6-9)8(4-5-13)7-12-11/h2-3,5-6,8,12H,4,7H2,1H3. The summed E-state index contributed by atoms with van der Waals surface area (Å²) in [5.74, 6) is 0.0919. The molecule has 0 bridgehead atoms. The predicted molar refractivity (Wildman–Crippen MR) is 61.5 cm³/mol. The first-order chi connectivity index (χ1) is 7.52. The SMILES string of the molecule is CS(=O)(=O)c1ccc2c(c1)C(CC=O)CN2. The lowest BCUT2D eigenvalue weighted by atomic mass is 9.99. The van der Waals surface area contributed by atoms with E-state index in [1.165, 1.54) is 6.26 Å². The quantitative estimate of drug-likeness (QED) is 0.805. The van der Waals surface area contributed by atoms with E-state index in [1.54, 1.807) is 18.2 Å². The molecule has 0 radical (unpaired) electrons. The second-order valence-corrected chi connectivity index (χ2v) is 6.02. The number of hydrogen-bond donors (Lipinski definition) is 1. The Balaban J connectivity index is 2.45. The third-order valence-electron chi connectivity index (χ3n) is 2.81. The van der Waals surface area contributed by atoms with Crippen LogP contribution in [0.1, 0.15) is 17.9 Å². The van der Waals surface area contributed by atoms with Crippen molar-refractivity contribution in [2.24, 2.45) is 0 Å². The highest BCUT2D eigenvalue weighted by Crippen LogP contribution is 2.34. The fourth-order valence-electron chi connectivity index (χ4n) is 1.94. The van der Waals surface area contributed by atoms with Gasteiger partial charge in [0.25, 0.3) is 0 Å². The van der Waals surface area contributed by atoms with Crippen LogP contribution in [0.3, 0.4) is 0 Å². The Labute approximate surface area is 94.6 Å². The highest BCUT2D eigenvalue weighted by atomic mass is 32.2. The van der Waals surface area contributed by atoms with Gasteiger partial charge in [0.1, 0.15) is 6.29 Å². The number of benzene rings is 1. The number of carbonyl (C=O) groups is 1. The van der Waals surface area contributed by atoms with E-state index in [0.29, 0.717) is 17.9 Å². The molecule has 1 N–H and O–H groups in total. The molecule has 0 aliphatic carbocycles. The highest BCUT2D eigenvalue weighted by Gasteiger charge is 2.23. The van der Waals surface area contributed by atoms with Crippen molar-refractivity contribution in [1.82, 2.24) is 0 Å². The van der Waals surface area contributed by atoms with E-state index >= 15 is 0 Å². The normalized spacial score (nSPS) is 18.9. The van der Waals surface area contributed by atoms with Gasteiger partial charge in [0.05, 0.1) is 4.90 Å². The maximum Gasteiger partial charge on any atom is 0.175 e. The Morgan fingerprint density at radius 1 is 1.50 bits per heavy atom. The molecule has 1 aromatic carbocycles. The number of fused-ring (bicyclic) bond motifs is 1. The van der Waals surface area contributed by atoms with Crippen molar-refractivity contribution in [2.45, 2.75) is 17.2 Å². The van der Waals surface area contributed by atoms with E-state index in [0.717, 1.165) is 17.5 Å². The van der Waals surface area contributed by atoms with Gasteiger partial charge in [-0.2, -0.15) is 0 Å². The Kier molecular flexibility index (Phi) is 2.71. The fourth-order valence-corrected chi connectivity index (χ4v) is 2.60. The summed E-state index contributed by atoms with van der Waals surface area (Å²) in [5, 5.41) is 3.16. The van der Waals surface area contributed by atoms with Crippen LogP contribution < -0.4 is 5.32 Å². The minimum atomic E-state index is -3.18. The summed E-state index contributed by atoms with van der Waals surface area (Å²) in [7, 11) is -3.18. The molecule has 1 aliphatic heterocycles. The molecule has 0 aromatic heterocycles. The molecule has 1 atom stereocenters. The first-order valence-corrected chi connectivity index (χ1v) is 6.93. The van der Waals surface area contributed by atoms with Gasteiger partial charge in [-0.05, 0) is 23.8 Å². The van der Waals surface area contributed by atoms with E-state index < -0.39 is 9.84 Å². The number of aldehydes is 1. The summed E-state index contributed by atoms with van der Waals surface area (Å²) < 4.78 is 22.8. The van der Waals surface area contributed by atoms with Gasteiger partial charge in [-0.25, -0.2) is 8.42 Å². The Morgan fingerprint density at radius 2 is 2.25 bits per heavy atom. The van der Waals surface area contributed by atoms with Crippen molar-refractivity contribution in [3.63, 3.8) is 0 Å². The molecule has 4 nitrogen and oxygen atoms in total. The smallest absolute Gasteiger partial charge is 0.175 e. The van der Waals surface area contributed by atoms with Crippen LogP contribution >= 0.6 is 0 Å². The molecule has 1 aromatic rings. The van der Waals surface area contributed by atoms with Crippen molar-refractivity contribution < 1.29 is 13.2 Å². The molecule has 86 valence electrons. The largest absolute Gasteiger partial charge is 0.384 e. The highest BCUT2D eigenvalue weighted by molar-refractivity contribution is 7.90. The van der Waals surface area contributed by atoms with E-state index in [4.69, 9.17) is 0 Å². The number of rotatable bonds is 3. The second kappa shape index (κ2) is 3.90. The van der Waals surface area contributed by atoms with Gasteiger partial charge in [-0.3, -0.25) is 0 Å². The number of anilines is 1. The summed E-state index contributed by atoms with van der Waals surface area (Å²) in [4.78, 5) is 10.8. The van der Waals surface area contributed by atoms with E-state index in [1.807, 2.05) is 0 Å². The van der Waals surface area contributed by atoms with Crippen molar-refractivity contribution in [1.29, 1.82) is 0 Å². The number of nitrogens with one attached hydrogen (secondary N) is 1. The van der Waals surface area contributed by atoms with Crippen LogP contribution in [0.15, 0.2) is 23.1 Å². The van der Waals surface area contributed by atoms with Crippen LogP contribution in [0.25, 0.3) is 0 Å². The molecular weight excluding hydrogens is 226 g/mol. The lowest BCUT2D eigenvalue weighted by Crippen LogP contribution is -2.02. The van der Waals surface area contributed by atoms with E-state index in [9.17, 15) is 13.2 Å². The fraction of sp³-hybridized carbons (Fsp3) is 0.364. The Hall–Kier alpha value is -1.36. The van der Waals surface area contributed by atoms with Crippen molar-refractivity contribution in [3.05, 3.63) is 23.8 Å². The van der Waals surface area contributed by atoms with Gasteiger partial charge < -0.3 is 10.1 Å². The van der Waals surface area contributed by atoms with E-state index in [-0.39, 0.29) is 5.92 Å². The molecule has 0 spiro atoms. The number of carbonyl (C=O) groups excluding carboxylic acids is 1. The molecule has 1 unspecified atom stereocenters. The zero-order valence-electron chi connectivity index (χ0n) is 8.93. The minimum Gasteiger partial charge on any atom is -0.384 e. The molecule has 5 heteroatoms. The average molecular weight is 239 g/mol. The molecule has 16 heavy (non-hydrogen) atoms. The first-order valence-electron chi connectivity index (χ1n) is 5.04. The molecule has 0 saturated heterocycles.